The van der Waals surface area contributed by atoms with Crippen molar-refractivity contribution >= 4 is 5.91 Å². The number of nitrogens with one attached hydrogen (secondary N) is 2. The molecule has 0 saturated carbocycles. The quantitative estimate of drug-likeness (QED) is 0.759. The van der Waals surface area contributed by atoms with Gasteiger partial charge in [0.2, 0.25) is 5.91 Å². The highest BCUT2D eigenvalue weighted by molar-refractivity contribution is 5.75. The molecule has 2 saturated heterocycles. The summed E-state index contributed by atoms with van der Waals surface area (Å²) in [6.45, 7) is 4.97. The Kier molecular flexibility index (Phi) is 7.27. The Balaban J connectivity index is 1.37. The molecule has 25 heavy (non-hydrogen) atoms. The molecule has 3 rings (SSSR count). The normalized spacial score (nSPS) is 21.4. The van der Waals surface area contributed by atoms with E-state index in [1.165, 1.54) is 6.42 Å². The van der Waals surface area contributed by atoms with Gasteiger partial charge in [0.1, 0.15) is 0 Å². The van der Waals surface area contributed by atoms with E-state index in [1.807, 2.05) is 6.07 Å². The topological polar surface area (TPSA) is 59.6 Å². The predicted molar refractivity (Wildman–Crippen MR) is 97.1 cm³/mol. The minimum atomic E-state index is 0.149. The summed E-state index contributed by atoms with van der Waals surface area (Å²) in [6, 6.07) is 8.30. The standard InChI is InChI=1S/C20H30N2O3/c23-20(5-4-16-6-9-21-13-16)22-14-17-2-1-3-18(12-17)15-25-19-7-10-24-11-8-19/h1-3,12,16,19,21H,4-11,13-15H2,(H,22,23). The zero-order chi connectivity index (χ0) is 17.3. The first-order valence-electron chi connectivity index (χ1n) is 9.54. The number of hydrogen-bond donors (Lipinski definition) is 2. The van der Waals surface area contributed by atoms with E-state index in [9.17, 15) is 4.79 Å². The van der Waals surface area contributed by atoms with Gasteiger partial charge >= 0.3 is 0 Å². The monoisotopic (exact) mass is 346 g/mol. The molecular formula is C20H30N2O3. The van der Waals surface area contributed by atoms with Gasteiger partial charge in [0, 0.05) is 26.2 Å². The number of carbonyl (C=O) groups excluding carboxylic acids is 1. The molecule has 1 atom stereocenters. The summed E-state index contributed by atoms with van der Waals surface area (Å²) in [7, 11) is 0. The van der Waals surface area contributed by atoms with Crippen LogP contribution in [0.1, 0.15) is 43.2 Å². The van der Waals surface area contributed by atoms with Gasteiger partial charge in [-0.3, -0.25) is 4.79 Å². The van der Waals surface area contributed by atoms with E-state index < -0.39 is 0 Å². The van der Waals surface area contributed by atoms with E-state index in [-0.39, 0.29) is 5.91 Å². The van der Waals surface area contributed by atoms with E-state index in [4.69, 9.17) is 9.47 Å². The SMILES string of the molecule is O=C(CCC1CCNC1)NCc1cccc(COC2CCOCC2)c1. The van der Waals surface area contributed by atoms with E-state index in [2.05, 4.69) is 28.8 Å². The first-order chi connectivity index (χ1) is 12.3. The van der Waals surface area contributed by atoms with Crippen LogP contribution in [-0.4, -0.2) is 38.3 Å². The fraction of sp³-hybridized carbons (Fsp3) is 0.650. The molecule has 0 radical (unpaired) electrons. The van der Waals surface area contributed by atoms with Crippen molar-refractivity contribution in [1.29, 1.82) is 0 Å². The van der Waals surface area contributed by atoms with Crippen molar-refractivity contribution in [3.8, 4) is 0 Å². The maximum atomic E-state index is 12.0. The zero-order valence-electron chi connectivity index (χ0n) is 15.0. The molecule has 2 aliphatic heterocycles. The Bertz CT molecular complexity index is 537. The van der Waals surface area contributed by atoms with E-state index in [0.29, 0.717) is 31.6 Å². The van der Waals surface area contributed by atoms with E-state index in [1.54, 1.807) is 0 Å². The fourth-order valence-corrected chi connectivity index (χ4v) is 3.47. The first kappa shape index (κ1) is 18.4. The molecule has 0 aliphatic carbocycles. The second kappa shape index (κ2) is 9.90. The van der Waals surface area contributed by atoms with Gasteiger partial charge < -0.3 is 20.1 Å². The highest BCUT2D eigenvalue weighted by atomic mass is 16.5. The lowest BCUT2D eigenvalue weighted by atomic mass is 10.0. The lowest BCUT2D eigenvalue weighted by Crippen LogP contribution is -2.24. The Morgan fingerprint density at radius 3 is 2.88 bits per heavy atom. The summed E-state index contributed by atoms with van der Waals surface area (Å²) in [5.41, 5.74) is 2.29. The Morgan fingerprint density at radius 1 is 1.24 bits per heavy atom. The first-order valence-corrected chi connectivity index (χ1v) is 9.54. The minimum Gasteiger partial charge on any atom is -0.381 e. The Labute approximate surface area is 150 Å². The highest BCUT2D eigenvalue weighted by Crippen LogP contribution is 2.15. The Morgan fingerprint density at radius 2 is 2.08 bits per heavy atom. The van der Waals surface area contributed by atoms with Crippen LogP contribution in [-0.2, 0) is 27.4 Å². The second-order valence-electron chi connectivity index (χ2n) is 7.12. The van der Waals surface area contributed by atoms with Gasteiger partial charge in [0.15, 0.2) is 0 Å². The summed E-state index contributed by atoms with van der Waals surface area (Å²) in [4.78, 5) is 12.0. The number of carbonyl (C=O) groups is 1. The van der Waals surface area contributed by atoms with Gasteiger partial charge in [-0.1, -0.05) is 24.3 Å². The van der Waals surface area contributed by atoms with Crippen molar-refractivity contribution in [2.75, 3.05) is 26.3 Å². The van der Waals surface area contributed by atoms with Crippen LogP contribution in [0.3, 0.4) is 0 Å². The molecule has 2 aliphatic rings. The second-order valence-corrected chi connectivity index (χ2v) is 7.12. The van der Waals surface area contributed by atoms with Gasteiger partial charge in [-0.25, -0.2) is 0 Å². The van der Waals surface area contributed by atoms with Crippen LogP contribution in [0.15, 0.2) is 24.3 Å². The third-order valence-corrected chi connectivity index (χ3v) is 5.08. The molecule has 0 aromatic heterocycles. The zero-order valence-corrected chi connectivity index (χ0v) is 15.0. The molecule has 138 valence electrons. The van der Waals surface area contributed by atoms with Crippen molar-refractivity contribution < 1.29 is 14.3 Å². The van der Waals surface area contributed by atoms with Gasteiger partial charge in [0.25, 0.3) is 0 Å². The van der Waals surface area contributed by atoms with Crippen molar-refractivity contribution in [2.45, 2.75) is 51.4 Å². The molecule has 5 nitrogen and oxygen atoms in total. The van der Waals surface area contributed by atoms with E-state index in [0.717, 1.165) is 56.7 Å². The molecule has 2 N–H and O–H groups in total. The van der Waals surface area contributed by atoms with Gasteiger partial charge in [0.05, 0.1) is 12.7 Å². The van der Waals surface area contributed by atoms with Crippen molar-refractivity contribution in [1.82, 2.24) is 10.6 Å². The van der Waals surface area contributed by atoms with Crippen molar-refractivity contribution in [3.63, 3.8) is 0 Å². The Hall–Kier alpha value is -1.43. The minimum absolute atomic E-state index is 0.149. The van der Waals surface area contributed by atoms with Crippen LogP contribution in [0, 0.1) is 5.92 Å². The maximum absolute atomic E-state index is 12.0. The molecule has 1 amide bonds. The van der Waals surface area contributed by atoms with Crippen molar-refractivity contribution in [2.24, 2.45) is 5.92 Å². The van der Waals surface area contributed by atoms with Crippen LogP contribution < -0.4 is 10.6 Å². The number of ether oxygens (including phenoxy) is 2. The van der Waals surface area contributed by atoms with Crippen LogP contribution >= 0.6 is 0 Å². The predicted octanol–water partition coefficient (Wildman–Crippen LogP) is 2.39. The highest BCUT2D eigenvalue weighted by Gasteiger charge is 2.16. The molecule has 1 unspecified atom stereocenters. The average molecular weight is 346 g/mol. The molecule has 1 aromatic rings. The van der Waals surface area contributed by atoms with Crippen LogP contribution in [0.5, 0.6) is 0 Å². The summed E-state index contributed by atoms with van der Waals surface area (Å²) in [5, 5.41) is 6.38. The lowest BCUT2D eigenvalue weighted by Gasteiger charge is -2.22. The van der Waals surface area contributed by atoms with E-state index >= 15 is 0 Å². The fourth-order valence-electron chi connectivity index (χ4n) is 3.47. The third-order valence-electron chi connectivity index (χ3n) is 5.08. The molecule has 1 aromatic carbocycles. The molecule has 0 spiro atoms. The van der Waals surface area contributed by atoms with Crippen LogP contribution in [0.4, 0.5) is 0 Å². The summed E-state index contributed by atoms with van der Waals surface area (Å²) in [6.07, 6.45) is 5.07. The number of hydrogen-bond acceptors (Lipinski definition) is 4. The number of benzene rings is 1. The molecule has 0 bridgehead atoms. The molecule has 2 fully saturated rings. The third kappa shape index (κ3) is 6.42. The molecule has 5 heteroatoms. The van der Waals surface area contributed by atoms with Crippen molar-refractivity contribution in [3.05, 3.63) is 35.4 Å². The van der Waals surface area contributed by atoms with Crippen LogP contribution in [0.2, 0.25) is 0 Å². The summed E-state index contributed by atoms with van der Waals surface area (Å²) >= 11 is 0. The number of amides is 1. The maximum Gasteiger partial charge on any atom is 0.220 e. The van der Waals surface area contributed by atoms with Gasteiger partial charge in [-0.2, -0.15) is 0 Å². The van der Waals surface area contributed by atoms with Gasteiger partial charge in [-0.15, -0.1) is 0 Å². The van der Waals surface area contributed by atoms with Crippen LogP contribution in [0.25, 0.3) is 0 Å². The smallest absolute Gasteiger partial charge is 0.220 e. The molecular weight excluding hydrogens is 316 g/mol. The molecule has 2 heterocycles. The largest absolute Gasteiger partial charge is 0.381 e. The average Bonchev–Trinajstić information content (AvgIpc) is 3.18. The number of rotatable bonds is 8. The van der Waals surface area contributed by atoms with Gasteiger partial charge in [-0.05, 0) is 55.8 Å². The lowest BCUT2D eigenvalue weighted by molar-refractivity contribution is -0.121. The summed E-state index contributed by atoms with van der Waals surface area (Å²) in [5.74, 6) is 0.812. The summed E-state index contributed by atoms with van der Waals surface area (Å²) < 4.78 is 11.3.